The summed E-state index contributed by atoms with van der Waals surface area (Å²) >= 11 is 0. The van der Waals surface area contributed by atoms with Gasteiger partial charge in [0.05, 0.1) is 24.6 Å². The lowest BCUT2D eigenvalue weighted by Crippen LogP contribution is -2.10. The number of aromatic amines is 1. The second-order valence-electron chi connectivity index (χ2n) is 10.2. The van der Waals surface area contributed by atoms with Crippen LogP contribution >= 0.6 is 0 Å². The molecule has 0 spiro atoms. The number of rotatable bonds is 14. The van der Waals surface area contributed by atoms with Gasteiger partial charge in [0, 0.05) is 38.1 Å². The molecule has 9 heteroatoms. The highest BCUT2D eigenvalue weighted by atomic mass is 16.5. The molecule has 1 aromatic heterocycles. The third-order valence-corrected chi connectivity index (χ3v) is 7.54. The minimum atomic E-state index is -0.316. The van der Waals surface area contributed by atoms with Crippen molar-refractivity contribution in [3.63, 3.8) is 0 Å². The smallest absolute Gasteiger partial charge is 0.302 e. The molecule has 0 fully saturated rings. The van der Waals surface area contributed by atoms with Gasteiger partial charge in [0.1, 0.15) is 11.4 Å². The summed E-state index contributed by atoms with van der Waals surface area (Å²) in [6, 6.07) is 0. The predicted octanol–water partition coefficient (Wildman–Crippen LogP) is 4.88. The zero-order valence-corrected chi connectivity index (χ0v) is 24.9. The summed E-state index contributed by atoms with van der Waals surface area (Å²) in [7, 11) is 0. The zero-order valence-electron chi connectivity index (χ0n) is 24.9. The number of ether oxygens (including phenoxy) is 2. The number of allylic oxidation sites excluding steroid dienone is 4. The van der Waals surface area contributed by atoms with Crippen molar-refractivity contribution >= 4 is 35.2 Å². The lowest BCUT2D eigenvalue weighted by molar-refractivity contribution is -0.142. The topological polar surface area (TPSA) is 127 Å². The normalized spacial score (nSPS) is 14.8. The Balaban J connectivity index is 1.88. The SMILES string of the molecule is CCc1c(CC2=NC(=C=O)C(C)=C2CCCOC(C)=O)[nH]c(CC2=NC(=C=O)C(C)=C2CCCOC(C)=O)c1CC. The number of aromatic nitrogens is 1. The molecule has 218 valence electrons. The minimum absolute atomic E-state index is 0.307. The van der Waals surface area contributed by atoms with Crippen LogP contribution in [0.15, 0.2) is 43.7 Å². The van der Waals surface area contributed by atoms with Crippen LogP contribution in [0.1, 0.15) is 89.7 Å². The molecule has 0 saturated heterocycles. The molecule has 3 rings (SSSR count). The van der Waals surface area contributed by atoms with E-state index in [1.807, 2.05) is 25.7 Å². The van der Waals surface area contributed by atoms with Gasteiger partial charge in [-0.25, -0.2) is 19.6 Å². The molecule has 0 unspecified atom stereocenters. The highest BCUT2D eigenvalue weighted by Gasteiger charge is 2.27. The summed E-state index contributed by atoms with van der Waals surface area (Å²) in [5.74, 6) is 3.29. The Kier molecular flexibility index (Phi) is 11.2. The van der Waals surface area contributed by atoms with Crippen molar-refractivity contribution in [2.24, 2.45) is 9.98 Å². The van der Waals surface area contributed by atoms with Gasteiger partial charge in [-0.05, 0) is 85.8 Å². The van der Waals surface area contributed by atoms with Gasteiger partial charge in [0.25, 0.3) is 0 Å². The summed E-state index contributed by atoms with van der Waals surface area (Å²) in [5.41, 5.74) is 10.4. The van der Waals surface area contributed by atoms with Gasteiger partial charge in [-0.3, -0.25) is 9.59 Å². The average molecular weight is 562 g/mol. The second-order valence-corrected chi connectivity index (χ2v) is 10.2. The van der Waals surface area contributed by atoms with E-state index in [-0.39, 0.29) is 11.9 Å². The number of carbonyl (C=O) groups excluding carboxylic acids is 4. The average Bonchev–Trinajstić information content (AvgIpc) is 3.54. The summed E-state index contributed by atoms with van der Waals surface area (Å²) in [6.07, 6.45) is 5.22. The molecule has 0 bridgehead atoms. The fraction of sp³-hybridized carbons (Fsp3) is 0.500. The molecule has 0 atom stereocenters. The number of aliphatic imine (C=N–C) groups is 2. The van der Waals surface area contributed by atoms with Crippen LogP contribution in [0.2, 0.25) is 0 Å². The van der Waals surface area contributed by atoms with E-state index < -0.39 is 0 Å². The first-order valence-corrected chi connectivity index (χ1v) is 14.2. The molecule has 2 aliphatic heterocycles. The highest BCUT2D eigenvalue weighted by molar-refractivity contribution is 6.08. The number of nitrogens with one attached hydrogen (secondary N) is 1. The Morgan fingerprint density at radius 1 is 0.732 bits per heavy atom. The molecule has 0 radical (unpaired) electrons. The van der Waals surface area contributed by atoms with Gasteiger partial charge in [0.2, 0.25) is 0 Å². The monoisotopic (exact) mass is 561 g/mol. The number of H-pyrrole nitrogens is 1. The summed E-state index contributed by atoms with van der Waals surface area (Å²) in [4.78, 5) is 58.4. The van der Waals surface area contributed by atoms with Gasteiger partial charge < -0.3 is 14.5 Å². The molecule has 9 nitrogen and oxygen atoms in total. The van der Waals surface area contributed by atoms with Crippen molar-refractivity contribution in [1.82, 2.24) is 4.98 Å². The second kappa shape index (κ2) is 14.5. The number of hydrogen-bond donors (Lipinski definition) is 1. The van der Waals surface area contributed by atoms with Crippen molar-refractivity contribution in [1.29, 1.82) is 0 Å². The quantitative estimate of drug-likeness (QED) is 0.196. The maximum absolute atomic E-state index is 11.6. The Morgan fingerprint density at radius 3 is 1.44 bits per heavy atom. The van der Waals surface area contributed by atoms with E-state index in [1.54, 1.807) is 0 Å². The molecule has 3 heterocycles. The number of carbonyl (C=O) groups is 2. The van der Waals surface area contributed by atoms with E-state index in [1.165, 1.54) is 25.0 Å². The fourth-order valence-corrected chi connectivity index (χ4v) is 5.56. The number of esters is 2. The molecule has 0 amide bonds. The van der Waals surface area contributed by atoms with Gasteiger partial charge >= 0.3 is 11.9 Å². The molecule has 2 aliphatic rings. The van der Waals surface area contributed by atoms with E-state index >= 15 is 0 Å². The Morgan fingerprint density at radius 2 is 1.12 bits per heavy atom. The van der Waals surface area contributed by atoms with Crippen LogP contribution in [0.3, 0.4) is 0 Å². The van der Waals surface area contributed by atoms with Crippen LogP contribution in [0.5, 0.6) is 0 Å². The Labute approximate surface area is 241 Å². The van der Waals surface area contributed by atoms with E-state index in [9.17, 15) is 19.2 Å². The molecule has 41 heavy (non-hydrogen) atoms. The van der Waals surface area contributed by atoms with E-state index in [0.717, 1.165) is 57.9 Å². The number of nitrogens with zero attached hydrogens (tertiary/aromatic N) is 2. The molecule has 0 aliphatic carbocycles. The first-order chi connectivity index (χ1) is 19.6. The van der Waals surface area contributed by atoms with Gasteiger partial charge in [-0.1, -0.05) is 13.8 Å². The largest absolute Gasteiger partial charge is 0.466 e. The van der Waals surface area contributed by atoms with Gasteiger partial charge in [-0.2, -0.15) is 0 Å². The maximum Gasteiger partial charge on any atom is 0.302 e. The van der Waals surface area contributed by atoms with Crippen LogP contribution in [-0.2, 0) is 54.3 Å². The fourth-order valence-electron chi connectivity index (χ4n) is 5.56. The van der Waals surface area contributed by atoms with Crippen molar-refractivity contribution in [2.45, 2.75) is 92.9 Å². The maximum atomic E-state index is 11.6. The van der Waals surface area contributed by atoms with Crippen LogP contribution in [0, 0.1) is 0 Å². The van der Waals surface area contributed by atoms with Gasteiger partial charge in [0.15, 0.2) is 11.9 Å². The molecule has 1 N–H and O–H groups in total. The van der Waals surface area contributed by atoms with Crippen molar-refractivity contribution in [3.8, 4) is 0 Å². The third kappa shape index (κ3) is 7.57. The van der Waals surface area contributed by atoms with E-state index in [2.05, 4.69) is 28.8 Å². The highest BCUT2D eigenvalue weighted by Crippen LogP contribution is 2.32. The van der Waals surface area contributed by atoms with Crippen molar-refractivity contribution < 1.29 is 28.7 Å². The van der Waals surface area contributed by atoms with Crippen LogP contribution in [-0.4, -0.2) is 53.4 Å². The van der Waals surface area contributed by atoms with Crippen LogP contribution in [0.4, 0.5) is 0 Å². The van der Waals surface area contributed by atoms with E-state index in [0.29, 0.717) is 63.1 Å². The summed E-state index contributed by atoms with van der Waals surface area (Å²) in [5, 5.41) is 0. The minimum Gasteiger partial charge on any atom is -0.466 e. The number of hydrogen-bond acceptors (Lipinski definition) is 8. The lowest BCUT2D eigenvalue weighted by Gasteiger charge is -2.10. The lowest BCUT2D eigenvalue weighted by atomic mass is 9.94. The molecular weight excluding hydrogens is 522 g/mol. The zero-order chi connectivity index (χ0) is 30.1. The standard InChI is InChI=1S/C32H39N3O6/c1-7-23-24(8-2)28(16-30-26(12-10-14-41-22(6)39)20(4)32(18-37)35-30)33-27(23)15-29-25(11-9-13-40-21(5)38)19(3)31(17-36)34-29/h33H,7-16H2,1-6H3. The van der Waals surface area contributed by atoms with E-state index in [4.69, 9.17) is 9.47 Å². The van der Waals surface area contributed by atoms with Crippen LogP contribution in [0.25, 0.3) is 0 Å². The summed E-state index contributed by atoms with van der Waals surface area (Å²) < 4.78 is 10.2. The summed E-state index contributed by atoms with van der Waals surface area (Å²) in [6.45, 7) is 11.4. The van der Waals surface area contributed by atoms with Crippen molar-refractivity contribution in [3.05, 3.63) is 56.2 Å². The first-order valence-electron chi connectivity index (χ1n) is 14.2. The molecular formula is C32H39N3O6. The first kappa shape index (κ1) is 31.5. The molecule has 0 aromatic carbocycles. The van der Waals surface area contributed by atoms with Crippen LogP contribution < -0.4 is 0 Å². The Bertz CT molecular complexity index is 1330. The third-order valence-electron chi connectivity index (χ3n) is 7.54. The molecule has 0 saturated carbocycles. The molecule has 1 aromatic rings. The van der Waals surface area contributed by atoms with Gasteiger partial charge in [-0.15, -0.1) is 0 Å². The predicted molar refractivity (Wildman–Crippen MR) is 157 cm³/mol. The Hall–Kier alpha value is -4.06. The van der Waals surface area contributed by atoms with Crippen molar-refractivity contribution in [2.75, 3.05) is 13.2 Å².